The minimum atomic E-state index is 0.114. The third kappa shape index (κ3) is 6.94. The number of nitrogens with one attached hydrogen (secondary N) is 1. The second kappa shape index (κ2) is 11.5. The van der Waals surface area contributed by atoms with Crippen LogP contribution in [0.5, 0.6) is 0 Å². The number of anilines is 1. The molecular weight excluding hydrogens is 424 g/mol. The molecule has 35 heavy (non-hydrogen) atoms. The Balaban J connectivity index is 2.05. The molecule has 1 aliphatic carbocycles. The summed E-state index contributed by atoms with van der Waals surface area (Å²) in [6.45, 7) is 20.9. The van der Waals surface area contributed by atoms with Crippen LogP contribution in [0, 0.1) is 0 Å². The van der Waals surface area contributed by atoms with Gasteiger partial charge in [-0.3, -0.25) is 4.99 Å². The zero-order valence-electron chi connectivity index (χ0n) is 22.8. The van der Waals surface area contributed by atoms with Crippen LogP contribution in [0.4, 0.5) is 5.69 Å². The highest BCUT2D eigenvalue weighted by Gasteiger charge is 2.16. The quantitative estimate of drug-likeness (QED) is 0.304. The van der Waals surface area contributed by atoms with E-state index in [9.17, 15) is 0 Å². The van der Waals surface area contributed by atoms with E-state index in [1.165, 1.54) is 22.3 Å². The van der Waals surface area contributed by atoms with Gasteiger partial charge in [-0.05, 0) is 91.5 Å². The Morgan fingerprint density at radius 1 is 1.06 bits per heavy atom. The van der Waals surface area contributed by atoms with E-state index in [0.29, 0.717) is 0 Å². The smallest absolute Gasteiger partial charge is 0.0711 e. The average molecular weight is 467 g/mol. The monoisotopic (exact) mass is 466 g/mol. The fraction of sp³-hybridized carbons (Fsp3) is 0.364. The molecule has 0 atom stereocenters. The first kappa shape index (κ1) is 26.5. The molecule has 0 unspecified atom stereocenters. The molecule has 0 saturated heterocycles. The fourth-order valence-electron chi connectivity index (χ4n) is 4.52. The lowest BCUT2D eigenvalue weighted by molar-refractivity contribution is 0.590. The van der Waals surface area contributed by atoms with Crippen LogP contribution in [0.2, 0.25) is 0 Å². The lowest BCUT2D eigenvalue weighted by Gasteiger charge is -2.20. The van der Waals surface area contributed by atoms with Crippen molar-refractivity contribution in [2.75, 3.05) is 11.9 Å². The lowest BCUT2D eigenvalue weighted by Crippen LogP contribution is -2.10. The van der Waals surface area contributed by atoms with Gasteiger partial charge < -0.3 is 5.32 Å². The van der Waals surface area contributed by atoms with Gasteiger partial charge in [-0.2, -0.15) is 0 Å². The minimum Gasteiger partial charge on any atom is -0.385 e. The molecule has 0 fully saturated rings. The zero-order valence-corrected chi connectivity index (χ0v) is 22.8. The summed E-state index contributed by atoms with van der Waals surface area (Å²) in [6.07, 6.45) is 7.78. The molecule has 0 saturated carbocycles. The molecule has 0 bridgehead atoms. The van der Waals surface area contributed by atoms with E-state index in [1.807, 2.05) is 0 Å². The van der Waals surface area contributed by atoms with Gasteiger partial charge in [-0.15, -0.1) is 0 Å². The Kier molecular flexibility index (Phi) is 8.72. The Hall–Kier alpha value is -3.13. The van der Waals surface area contributed by atoms with Gasteiger partial charge in [0.15, 0.2) is 0 Å². The zero-order chi connectivity index (χ0) is 25.6. The molecule has 3 rings (SSSR count). The summed E-state index contributed by atoms with van der Waals surface area (Å²) >= 11 is 0. The van der Waals surface area contributed by atoms with Crippen molar-refractivity contribution < 1.29 is 0 Å². The normalized spacial score (nSPS) is 15.2. The number of benzene rings is 2. The molecule has 2 aromatic rings. The summed E-state index contributed by atoms with van der Waals surface area (Å²) in [6, 6.07) is 17.4. The Bertz CT molecular complexity index is 1180. The van der Waals surface area contributed by atoms with Gasteiger partial charge in [-0.1, -0.05) is 82.3 Å². The van der Waals surface area contributed by atoms with Crippen molar-refractivity contribution in [2.45, 2.75) is 73.1 Å². The first-order valence-corrected chi connectivity index (χ1v) is 12.9. The van der Waals surface area contributed by atoms with Crippen molar-refractivity contribution in [1.29, 1.82) is 0 Å². The molecular formula is C33H42N2. The predicted molar refractivity (Wildman–Crippen MR) is 155 cm³/mol. The van der Waals surface area contributed by atoms with Crippen molar-refractivity contribution in [3.8, 4) is 0 Å². The summed E-state index contributed by atoms with van der Waals surface area (Å²) in [7, 11) is 0. The number of aliphatic imine (C=N–C) groups is 1. The van der Waals surface area contributed by atoms with Gasteiger partial charge in [0.1, 0.15) is 0 Å². The topological polar surface area (TPSA) is 24.4 Å². The van der Waals surface area contributed by atoms with Crippen LogP contribution in [-0.4, -0.2) is 12.3 Å². The van der Waals surface area contributed by atoms with Crippen LogP contribution in [0.1, 0.15) is 84.4 Å². The number of hydrogen-bond acceptors (Lipinski definition) is 2. The number of allylic oxidation sites excluding steroid dienone is 6. The van der Waals surface area contributed by atoms with Gasteiger partial charge in [-0.25, -0.2) is 0 Å². The van der Waals surface area contributed by atoms with E-state index in [4.69, 9.17) is 4.99 Å². The molecule has 0 aromatic heterocycles. The van der Waals surface area contributed by atoms with Crippen molar-refractivity contribution in [3.05, 3.63) is 106 Å². The summed E-state index contributed by atoms with van der Waals surface area (Å²) in [5, 5.41) is 3.48. The van der Waals surface area contributed by atoms with Crippen LogP contribution >= 0.6 is 0 Å². The Labute approximate surface area is 213 Å². The largest absolute Gasteiger partial charge is 0.385 e. The van der Waals surface area contributed by atoms with E-state index in [2.05, 4.69) is 121 Å². The van der Waals surface area contributed by atoms with Crippen LogP contribution in [0.3, 0.4) is 0 Å². The molecule has 1 aliphatic rings. The van der Waals surface area contributed by atoms with Gasteiger partial charge >= 0.3 is 0 Å². The first-order valence-electron chi connectivity index (χ1n) is 12.9. The van der Waals surface area contributed by atoms with E-state index in [-0.39, 0.29) is 5.41 Å². The molecule has 184 valence electrons. The third-order valence-corrected chi connectivity index (χ3v) is 6.62. The van der Waals surface area contributed by atoms with Crippen LogP contribution in [0.25, 0.3) is 5.70 Å². The maximum absolute atomic E-state index is 5.16. The Morgan fingerprint density at radius 3 is 2.40 bits per heavy atom. The highest BCUT2D eigenvalue weighted by atomic mass is 14.9. The van der Waals surface area contributed by atoms with Crippen LogP contribution in [0.15, 0.2) is 94.5 Å². The second-order valence-electron chi connectivity index (χ2n) is 10.7. The first-order chi connectivity index (χ1) is 16.6. The molecule has 0 amide bonds. The Morgan fingerprint density at radius 2 is 1.77 bits per heavy atom. The van der Waals surface area contributed by atoms with Gasteiger partial charge in [0, 0.05) is 23.5 Å². The SMILES string of the molecule is C=C(/C=C(\N=C(C)c1cccc(NCCC)c1)c1ccc(C(C)(C)C)cc1)C1=C(C)CCC=C1C. The highest BCUT2D eigenvalue weighted by molar-refractivity contribution is 6.02. The van der Waals surface area contributed by atoms with Crippen molar-refractivity contribution in [1.82, 2.24) is 0 Å². The molecule has 0 heterocycles. The maximum Gasteiger partial charge on any atom is 0.0711 e. The van der Waals surface area contributed by atoms with E-state index < -0.39 is 0 Å². The minimum absolute atomic E-state index is 0.114. The summed E-state index contributed by atoms with van der Waals surface area (Å²) < 4.78 is 0. The number of nitrogens with zero attached hydrogens (tertiary/aromatic N) is 1. The molecule has 2 aromatic carbocycles. The van der Waals surface area contributed by atoms with Crippen molar-refractivity contribution >= 4 is 17.1 Å². The highest BCUT2D eigenvalue weighted by Crippen LogP contribution is 2.33. The van der Waals surface area contributed by atoms with Crippen molar-refractivity contribution in [2.24, 2.45) is 4.99 Å². The van der Waals surface area contributed by atoms with Gasteiger partial charge in [0.25, 0.3) is 0 Å². The fourth-order valence-corrected chi connectivity index (χ4v) is 4.52. The second-order valence-corrected chi connectivity index (χ2v) is 10.7. The van der Waals surface area contributed by atoms with Gasteiger partial charge in [0.2, 0.25) is 0 Å². The molecule has 0 radical (unpaired) electrons. The molecule has 2 nitrogen and oxygen atoms in total. The average Bonchev–Trinajstić information content (AvgIpc) is 2.82. The van der Waals surface area contributed by atoms with E-state index in [1.54, 1.807) is 0 Å². The standard InChI is InChI=1S/C33H42N2/c1-9-20-34-30-15-11-14-28(22-30)26(5)35-31(27-16-18-29(19-17-27)33(6,7)8)21-25(4)32-23(2)12-10-13-24(32)3/h11-12,14-19,21-22,34H,4,9-10,13,20H2,1-3,5-8H3/b31-21-,35-26?. The van der Waals surface area contributed by atoms with Crippen LogP contribution < -0.4 is 5.32 Å². The number of hydrogen-bond donors (Lipinski definition) is 1. The molecule has 1 N–H and O–H groups in total. The maximum atomic E-state index is 5.16. The van der Waals surface area contributed by atoms with E-state index in [0.717, 1.165) is 59.6 Å². The third-order valence-electron chi connectivity index (χ3n) is 6.62. The summed E-state index contributed by atoms with van der Waals surface area (Å²) in [5.74, 6) is 0. The molecule has 2 heteroatoms. The lowest BCUT2D eigenvalue weighted by atomic mass is 9.86. The summed E-state index contributed by atoms with van der Waals surface area (Å²) in [5.41, 5.74) is 11.8. The van der Waals surface area contributed by atoms with Crippen molar-refractivity contribution in [3.63, 3.8) is 0 Å². The number of rotatable bonds is 8. The summed E-state index contributed by atoms with van der Waals surface area (Å²) in [4.78, 5) is 5.16. The van der Waals surface area contributed by atoms with E-state index >= 15 is 0 Å². The van der Waals surface area contributed by atoms with Gasteiger partial charge in [0.05, 0.1) is 5.70 Å². The molecule has 0 spiro atoms. The van der Waals surface area contributed by atoms with Crippen LogP contribution in [-0.2, 0) is 5.41 Å². The predicted octanol–water partition coefficient (Wildman–Crippen LogP) is 9.27. The molecule has 0 aliphatic heterocycles.